The second kappa shape index (κ2) is 8.51. The van der Waals surface area contributed by atoms with Gasteiger partial charge in [0.05, 0.1) is 5.56 Å². The number of carbonyl (C=O) groups excluding carboxylic acids is 2. The molecule has 0 aromatic carbocycles. The lowest BCUT2D eigenvalue weighted by Crippen LogP contribution is -2.47. The van der Waals surface area contributed by atoms with E-state index >= 15 is 0 Å². The average Bonchev–Trinajstić information content (AvgIpc) is 2.58. The fourth-order valence-corrected chi connectivity index (χ4v) is 3.61. The van der Waals surface area contributed by atoms with Crippen molar-refractivity contribution in [1.82, 2.24) is 10.3 Å². The molecular weight excluding hydrogens is 324 g/mol. The molecule has 6 heteroatoms. The van der Waals surface area contributed by atoms with Gasteiger partial charge in [-0.05, 0) is 43.6 Å². The van der Waals surface area contributed by atoms with Gasteiger partial charge >= 0.3 is 5.97 Å². The van der Waals surface area contributed by atoms with Crippen molar-refractivity contribution in [3.8, 4) is 0 Å². The third-order valence-corrected chi connectivity index (χ3v) is 5.58. The number of hydrogen-bond acceptors (Lipinski definition) is 5. The van der Waals surface area contributed by atoms with Crippen molar-refractivity contribution in [2.45, 2.75) is 57.2 Å². The van der Waals surface area contributed by atoms with E-state index in [1.807, 2.05) is 6.26 Å². The summed E-state index contributed by atoms with van der Waals surface area (Å²) in [7, 11) is 0. The van der Waals surface area contributed by atoms with Crippen molar-refractivity contribution >= 4 is 23.6 Å². The zero-order chi connectivity index (χ0) is 17.7. The summed E-state index contributed by atoms with van der Waals surface area (Å²) in [4.78, 5) is 28.8. The summed E-state index contributed by atoms with van der Waals surface area (Å²) < 4.78 is 5.34. The number of pyridine rings is 1. The Morgan fingerprint density at radius 1 is 1.38 bits per heavy atom. The first-order chi connectivity index (χ1) is 11.4. The van der Waals surface area contributed by atoms with Gasteiger partial charge in [0.1, 0.15) is 5.03 Å². The summed E-state index contributed by atoms with van der Waals surface area (Å²) in [5, 5.41) is 3.65. The molecule has 0 saturated heterocycles. The maximum absolute atomic E-state index is 12.4. The zero-order valence-electron chi connectivity index (χ0n) is 14.7. The molecule has 4 atom stereocenters. The molecule has 132 valence electrons. The van der Waals surface area contributed by atoms with Crippen LogP contribution in [0.1, 0.15) is 50.4 Å². The number of carbonyl (C=O) groups is 2. The number of thioether (sulfide) groups is 1. The molecule has 0 radical (unpaired) electrons. The van der Waals surface area contributed by atoms with Crippen LogP contribution in [0.25, 0.3) is 0 Å². The Morgan fingerprint density at radius 3 is 2.83 bits per heavy atom. The van der Waals surface area contributed by atoms with E-state index in [-0.39, 0.29) is 11.9 Å². The Kier molecular flexibility index (Phi) is 6.66. The van der Waals surface area contributed by atoms with Crippen LogP contribution in [0.15, 0.2) is 23.4 Å². The van der Waals surface area contributed by atoms with Crippen molar-refractivity contribution in [3.05, 3.63) is 23.9 Å². The standard InChI is InChI=1S/C18H26N2O3S/c1-11-7-5-9-15(12(11)2)20-16(21)13(3)23-18(22)14-8-6-10-19-17(14)24-4/h6,8,10-13,15H,5,7,9H2,1-4H3,(H,20,21)/t11-,12+,13+,15+/m0/s1. The molecule has 0 unspecified atom stereocenters. The molecule has 1 saturated carbocycles. The molecule has 1 amide bonds. The van der Waals surface area contributed by atoms with Crippen molar-refractivity contribution < 1.29 is 14.3 Å². The van der Waals surface area contributed by atoms with E-state index in [0.717, 1.165) is 12.8 Å². The molecule has 1 aromatic heterocycles. The van der Waals surface area contributed by atoms with Crippen LogP contribution in [0, 0.1) is 11.8 Å². The number of rotatable bonds is 5. The topological polar surface area (TPSA) is 68.3 Å². The molecule has 2 rings (SSSR count). The molecule has 24 heavy (non-hydrogen) atoms. The number of ether oxygens (including phenoxy) is 1. The third kappa shape index (κ3) is 4.50. The van der Waals surface area contributed by atoms with Crippen LogP contribution < -0.4 is 5.32 Å². The number of amides is 1. The molecule has 5 nitrogen and oxygen atoms in total. The van der Waals surface area contributed by atoms with Crippen LogP contribution in [0.5, 0.6) is 0 Å². The Balaban J connectivity index is 1.95. The Labute approximate surface area is 147 Å². The minimum Gasteiger partial charge on any atom is -0.449 e. The molecule has 0 bridgehead atoms. The summed E-state index contributed by atoms with van der Waals surface area (Å²) >= 11 is 1.38. The Morgan fingerprint density at radius 2 is 2.12 bits per heavy atom. The predicted molar refractivity (Wildman–Crippen MR) is 95.0 cm³/mol. The van der Waals surface area contributed by atoms with Crippen molar-refractivity contribution in [2.75, 3.05) is 6.26 Å². The van der Waals surface area contributed by atoms with Crippen molar-refractivity contribution in [1.29, 1.82) is 0 Å². The normalized spacial score (nSPS) is 24.9. The molecule has 1 aliphatic rings. The van der Waals surface area contributed by atoms with Gasteiger partial charge in [-0.15, -0.1) is 11.8 Å². The SMILES string of the molecule is CSc1ncccc1C(=O)O[C@H](C)C(=O)N[C@@H]1CCC[C@H](C)[C@H]1C. The minimum atomic E-state index is -0.822. The first-order valence-corrected chi connectivity index (χ1v) is 9.66. The number of hydrogen-bond donors (Lipinski definition) is 1. The van der Waals surface area contributed by atoms with Gasteiger partial charge in [0.2, 0.25) is 0 Å². The van der Waals surface area contributed by atoms with Crippen molar-refractivity contribution in [3.63, 3.8) is 0 Å². The fraction of sp³-hybridized carbons (Fsp3) is 0.611. The molecular formula is C18H26N2O3S. The summed E-state index contributed by atoms with van der Waals surface area (Å²) in [5.74, 6) is 0.289. The molecule has 0 aliphatic heterocycles. The van der Waals surface area contributed by atoms with Gasteiger partial charge in [0, 0.05) is 12.2 Å². The van der Waals surface area contributed by atoms with Gasteiger partial charge in [-0.3, -0.25) is 4.79 Å². The number of aromatic nitrogens is 1. The second-order valence-corrected chi connectivity index (χ2v) is 7.29. The molecule has 1 fully saturated rings. The van der Waals surface area contributed by atoms with E-state index < -0.39 is 12.1 Å². The van der Waals surface area contributed by atoms with Crippen LogP contribution >= 0.6 is 11.8 Å². The zero-order valence-corrected chi connectivity index (χ0v) is 15.6. The molecule has 1 N–H and O–H groups in total. The van der Waals surface area contributed by atoms with Gasteiger partial charge in [0.15, 0.2) is 6.10 Å². The first kappa shape index (κ1) is 18.8. The lowest BCUT2D eigenvalue weighted by atomic mass is 9.78. The first-order valence-electron chi connectivity index (χ1n) is 8.44. The summed E-state index contributed by atoms with van der Waals surface area (Å²) in [6.45, 7) is 6.00. The highest BCUT2D eigenvalue weighted by molar-refractivity contribution is 7.98. The van der Waals surface area contributed by atoms with Crippen LogP contribution in [-0.4, -0.2) is 35.3 Å². The lowest BCUT2D eigenvalue weighted by Gasteiger charge is -2.35. The van der Waals surface area contributed by atoms with Gasteiger partial charge in [0.25, 0.3) is 5.91 Å². The van der Waals surface area contributed by atoms with Crippen LogP contribution in [0.4, 0.5) is 0 Å². The van der Waals surface area contributed by atoms with Crippen LogP contribution in [0.2, 0.25) is 0 Å². The molecule has 0 spiro atoms. The summed E-state index contributed by atoms with van der Waals surface area (Å²) in [6, 6.07) is 3.51. The lowest BCUT2D eigenvalue weighted by molar-refractivity contribution is -0.130. The number of nitrogens with one attached hydrogen (secondary N) is 1. The average molecular weight is 350 g/mol. The van der Waals surface area contributed by atoms with E-state index in [2.05, 4.69) is 24.1 Å². The van der Waals surface area contributed by atoms with Gasteiger partial charge in [-0.2, -0.15) is 0 Å². The largest absolute Gasteiger partial charge is 0.449 e. The monoisotopic (exact) mass is 350 g/mol. The minimum absolute atomic E-state index is 0.155. The molecule has 1 heterocycles. The highest BCUT2D eigenvalue weighted by Crippen LogP contribution is 2.29. The third-order valence-electron chi connectivity index (χ3n) is 4.87. The number of nitrogens with zero attached hydrogens (tertiary/aromatic N) is 1. The van der Waals surface area contributed by atoms with Crippen LogP contribution in [0.3, 0.4) is 0 Å². The molecule has 1 aliphatic carbocycles. The number of esters is 1. The highest BCUT2D eigenvalue weighted by Gasteiger charge is 2.30. The summed E-state index contributed by atoms with van der Waals surface area (Å²) in [5.41, 5.74) is 0.393. The van der Waals surface area contributed by atoms with E-state index in [1.54, 1.807) is 25.3 Å². The van der Waals surface area contributed by atoms with E-state index in [0.29, 0.717) is 22.4 Å². The second-order valence-electron chi connectivity index (χ2n) is 6.49. The van der Waals surface area contributed by atoms with E-state index in [9.17, 15) is 9.59 Å². The fourth-order valence-electron chi connectivity index (χ4n) is 3.07. The van der Waals surface area contributed by atoms with E-state index in [1.165, 1.54) is 18.2 Å². The maximum Gasteiger partial charge on any atom is 0.341 e. The predicted octanol–water partition coefficient (Wildman–Crippen LogP) is 3.29. The Bertz CT molecular complexity index is 593. The maximum atomic E-state index is 12.4. The highest BCUT2D eigenvalue weighted by atomic mass is 32.2. The van der Waals surface area contributed by atoms with Gasteiger partial charge < -0.3 is 10.1 Å². The van der Waals surface area contributed by atoms with Gasteiger partial charge in [-0.1, -0.05) is 26.7 Å². The smallest absolute Gasteiger partial charge is 0.341 e. The van der Waals surface area contributed by atoms with Crippen molar-refractivity contribution in [2.24, 2.45) is 11.8 Å². The summed E-state index contributed by atoms with van der Waals surface area (Å²) in [6.07, 6.45) is 5.97. The Hall–Kier alpha value is -1.56. The van der Waals surface area contributed by atoms with Crippen LogP contribution in [-0.2, 0) is 9.53 Å². The molecule has 1 aromatic rings. The van der Waals surface area contributed by atoms with Gasteiger partial charge in [-0.25, -0.2) is 9.78 Å². The quantitative estimate of drug-likeness (QED) is 0.652. The van der Waals surface area contributed by atoms with E-state index in [4.69, 9.17) is 4.74 Å².